The number of ether oxygens (including phenoxy) is 2. The number of aliphatic hydroxyl groups is 1. The second kappa shape index (κ2) is 14.6. The first-order valence-corrected chi connectivity index (χ1v) is 16.5. The summed E-state index contributed by atoms with van der Waals surface area (Å²) in [4.78, 5) is 48.4. The van der Waals surface area contributed by atoms with Crippen molar-refractivity contribution in [2.45, 2.75) is 69.7 Å². The van der Waals surface area contributed by atoms with E-state index in [2.05, 4.69) is 31.9 Å². The van der Waals surface area contributed by atoms with Crippen molar-refractivity contribution < 1.29 is 29.0 Å². The Balaban J connectivity index is 1.54. The number of esters is 1. The molecule has 1 N–H and O–H groups in total. The highest BCUT2D eigenvalue weighted by atomic mass is 16.6. The van der Waals surface area contributed by atoms with Gasteiger partial charge in [-0.1, -0.05) is 42.5 Å². The van der Waals surface area contributed by atoms with E-state index in [-0.39, 0.29) is 31.6 Å². The molecule has 2 aromatic rings. The summed E-state index contributed by atoms with van der Waals surface area (Å²) in [7, 11) is 0. The Bertz CT molecular complexity index is 1390. The van der Waals surface area contributed by atoms with E-state index >= 15 is 0 Å². The van der Waals surface area contributed by atoms with Crippen molar-refractivity contribution in [3.05, 3.63) is 85.5 Å². The van der Waals surface area contributed by atoms with Crippen LogP contribution < -0.4 is 9.80 Å². The molecular formula is C37H47N3O6. The number of allylic oxidation sites excluding steroid dienone is 1. The molecule has 0 aromatic heterocycles. The molecule has 3 fully saturated rings. The van der Waals surface area contributed by atoms with Gasteiger partial charge < -0.3 is 29.3 Å². The number of amides is 2. The fraction of sp³-hybridized carbons (Fsp3) is 0.486. The van der Waals surface area contributed by atoms with Crippen LogP contribution in [0.3, 0.4) is 0 Å². The molecular weight excluding hydrogens is 582 g/mol. The van der Waals surface area contributed by atoms with E-state index in [4.69, 9.17) is 9.47 Å². The summed E-state index contributed by atoms with van der Waals surface area (Å²) >= 11 is 0. The van der Waals surface area contributed by atoms with E-state index in [0.29, 0.717) is 37.8 Å². The van der Waals surface area contributed by atoms with Crippen LogP contribution in [0.15, 0.2) is 79.9 Å². The highest BCUT2D eigenvalue weighted by Crippen LogP contribution is 2.59. The molecule has 1 spiro atoms. The topological polar surface area (TPSA) is 99.6 Å². The zero-order valence-corrected chi connectivity index (χ0v) is 27.1. The van der Waals surface area contributed by atoms with Crippen LogP contribution in [-0.4, -0.2) is 84.4 Å². The average molecular weight is 630 g/mol. The molecule has 3 heterocycles. The number of hydrogen-bond donors (Lipinski definition) is 1. The summed E-state index contributed by atoms with van der Waals surface area (Å²) in [5.41, 5.74) is 1.43. The monoisotopic (exact) mass is 629 g/mol. The number of benzene rings is 2. The smallest absolute Gasteiger partial charge is 0.312 e. The Kier molecular flexibility index (Phi) is 10.6. The molecule has 246 valence electrons. The molecule has 46 heavy (non-hydrogen) atoms. The second-order valence-electron chi connectivity index (χ2n) is 12.4. The van der Waals surface area contributed by atoms with E-state index < -0.39 is 41.6 Å². The van der Waals surface area contributed by atoms with Crippen molar-refractivity contribution >= 4 is 29.2 Å². The first-order valence-electron chi connectivity index (χ1n) is 16.5. The van der Waals surface area contributed by atoms with Crippen molar-refractivity contribution in [2.75, 3.05) is 42.6 Å². The van der Waals surface area contributed by atoms with E-state index in [1.807, 2.05) is 54.6 Å². The number of rotatable bonds is 16. The molecule has 2 aromatic carbocycles. The minimum atomic E-state index is -1.21. The number of anilines is 2. The van der Waals surface area contributed by atoms with Crippen LogP contribution in [0.5, 0.6) is 0 Å². The number of fused-ring (bicyclic) bond motifs is 1. The molecule has 0 saturated carbocycles. The summed E-state index contributed by atoms with van der Waals surface area (Å²) < 4.78 is 12.3. The quantitative estimate of drug-likeness (QED) is 0.165. The molecule has 0 aliphatic carbocycles. The highest BCUT2D eigenvalue weighted by molar-refractivity contribution is 6.05. The lowest BCUT2D eigenvalue weighted by atomic mass is 9.70. The van der Waals surface area contributed by atoms with Gasteiger partial charge in [0.1, 0.15) is 11.6 Å². The van der Waals surface area contributed by atoms with Gasteiger partial charge in [0, 0.05) is 31.0 Å². The van der Waals surface area contributed by atoms with Crippen molar-refractivity contribution in [3.63, 3.8) is 0 Å². The van der Waals surface area contributed by atoms with Crippen LogP contribution in [0.4, 0.5) is 11.4 Å². The Morgan fingerprint density at radius 1 is 1.09 bits per heavy atom. The van der Waals surface area contributed by atoms with Gasteiger partial charge in [0.2, 0.25) is 5.91 Å². The van der Waals surface area contributed by atoms with Gasteiger partial charge in [0.15, 0.2) is 0 Å². The molecule has 3 aliphatic heterocycles. The van der Waals surface area contributed by atoms with Crippen LogP contribution >= 0.6 is 0 Å². The summed E-state index contributed by atoms with van der Waals surface area (Å²) in [5, 5.41) is 10.7. The number of nitrogens with zero attached hydrogens (tertiary/aromatic N) is 3. The number of carbonyl (C=O) groups is 3. The van der Waals surface area contributed by atoms with Gasteiger partial charge >= 0.3 is 5.97 Å². The normalized spacial score (nSPS) is 25.2. The third kappa shape index (κ3) is 6.10. The maximum atomic E-state index is 14.9. The van der Waals surface area contributed by atoms with Gasteiger partial charge in [-0.15, -0.1) is 13.2 Å². The van der Waals surface area contributed by atoms with Gasteiger partial charge in [0.05, 0.1) is 37.2 Å². The zero-order valence-electron chi connectivity index (χ0n) is 27.1. The number of likely N-dealkylation sites (tertiary alicyclic amines) is 1. The maximum Gasteiger partial charge on any atom is 0.312 e. The predicted molar refractivity (Wildman–Crippen MR) is 178 cm³/mol. The van der Waals surface area contributed by atoms with Crippen LogP contribution in [0.2, 0.25) is 0 Å². The van der Waals surface area contributed by atoms with Crippen molar-refractivity contribution in [2.24, 2.45) is 11.8 Å². The summed E-state index contributed by atoms with van der Waals surface area (Å²) in [6, 6.07) is 15.7. The molecule has 3 aliphatic rings. The van der Waals surface area contributed by atoms with Crippen LogP contribution in [0, 0.1) is 11.8 Å². The fourth-order valence-corrected chi connectivity index (χ4v) is 7.70. The van der Waals surface area contributed by atoms with Gasteiger partial charge in [-0.25, -0.2) is 0 Å². The lowest BCUT2D eigenvalue weighted by molar-refractivity contribution is -0.155. The third-order valence-electron chi connectivity index (χ3n) is 9.83. The van der Waals surface area contributed by atoms with E-state index in [9.17, 15) is 19.5 Å². The molecule has 0 radical (unpaired) electrons. The van der Waals surface area contributed by atoms with Gasteiger partial charge in [-0.05, 0) is 75.8 Å². The van der Waals surface area contributed by atoms with E-state index in [1.165, 1.54) is 4.90 Å². The van der Waals surface area contributed by atoms with Crippen molar-refractivity contribution in [1.29, 1.82) is 0 Å². The van der Waals surface area contributed by atoms with Crippen LogP contribution in [0.25, 0.3) is 0 Å². The zero-order chi connectivity index (χ0) is 32.8. The van der Waals surface area contributed by atoms with Crippen molar-refractivity contribution in [3.8, 4) is 0 Å². The standard InChI is InChI=1S/C37H47N3O6/c1-5-9-13-23-45-36(44)31-30-20-21-37(46-30)32(31)34(42)40(29(25-41)24-26-14-11-10-12-15-26)33(37)35(43)39(22-6-2)28-18-16-27(17-19-28)38(7-3)8-4/h5-6,10-12,14-19,29-33,41H,1-2,7-9,13,20-25H2,3-4H3/t29-,30+,31-,32+,33?,37?/m1/s1. The molecule has 6 atom stereocenters. The van der Waals surface area contributed by atoms with Gasteiger partial charge in [-0.3, -0.25) is 14.4 Å². The number of hydrogen-bond acceptors (Lipinski definition) is 7. The van der Waals surface area contributed by atoms with Gasteiger partial charge in [0.25, 0.3) is 5.91 Å². The van der Waals surface area contributed by atoms with Gasteiger partial charge in [-0.2, -0.15) is 0 Å². The second-order valence-corrected chi connectivity index (χ2v) is 12.4. The van der Waals surface area contributed by atoms with E-state index in [1.54, 1.807) is 17.1 Å². The van der Waals surface area contributed by atoms with Crippen LogP contribution in [-0.2, 0) is 30.3 Å². The summed E-state index contributed by atoms with van der Waals surface area (Å²) in [6.45, 7) is 13.6. The summed E-state index contributed by atoms with van der Waals surface area (Å²) in [6.07, 6.45) is 5.60. The summed E-state index contributed by atoms with van der Waals surface area (Å²) in [5.74, 6) is -2.84. The minimum Gasteiger partial charge on any atom is -0.465 e. The molecule has 3 saturated heterocycles. The molecule has 9 nitrogen and oxygen atoms in total. The van der Waals surface area contributed by atoms with Crippen LogP contribution in [0.1, 0.15) is 45.1 Å². The molecule has 2 amide bonds. The average Bonchev–Trinajstić information content (AvgIpc) is 3.73. The Morgan fingerprint density at radius 2 is 1.78 bits per heavy atom. The Morgan fingerprint density at radius 3 is 2.41 bits per heavy atom. The lowest BCUT2D eigenvalue weighted by Crippen LogP contribution is -2.59. The Labute approximate surface area is 272 Å². The third-order valence-corrected chi connectivity index (χ3v) is 9.83. The molecule has 2 unspecified atom stereocenters. The van der Waals surface area contributed by atoms with Crippen molar-refractivity contribution in [1.82, 2.24) is 4.90 Å². The lowest BCUT2D eigenvalue weighted by Gasteiger charge is -2.39. The molecule has 9 heteroatoms. The largest absolute Gasteiger partial charge is 0.465 e. The maximum absolute atomic E-state index is 14.9. The fourth-order valence-electron chi connectivity index (χ4n) is 7.70. The number of carbonyl (C=O) groups excluding carboxylic acids is 3. The first kappa shape index (κ1) is 33.4. The Hall–Kier alpha value is -3.95. The minimum absolute atomic E-state index is 0.212. The predicted octanol–water partition coefficient (Wildman–Crippen LogP) is 4.54. The van der Waals surface area contributed by atoms with E-state index in [0.717, 1.165) is 24.3 Å². The first-order chi connectivity index (χ1) is 22.3. The number of unbranched alkanes of at least 4 members (excludes halogenated alkanes) is 1. The number of aliphatic hydroxyl groups excluding tert-OH is 1. The SMILES string of the molecule is C=CCCCOC(=O)[C@@H]1[C@@H]2CCC3(O2)C(C(=O)N(CC=C)c2ccc(N(CC)CC)cc2)N([C@@H](CO)Cc2ccccc2)C(=O)[C@H]13. The molecule has 2 bridgehead atoms. The highest BCUT2D eigenvalue weighted by Gasteiger charge is 2.75. The molecule has 5 rings (SSSR count).